The van der Waals surface area contributed by atoms with Crippen molar-refractivity contribution in [1.29, 1.82) is 0 Å². The highest BCUT2D eigenvalue weighted by molar-refractivity contribution is 5.98. The third-order valence-corrected chi connectivity index (χ3v) is 3.30. The number of benzene rings is 1. The maximum Gasteiger partial charge on any atom is 0.357 e. The fourth-order valence-corrected chi connectivity index (χ4v) is 2.21. The lowest BCUT2D eigenvalue weighted by molar-refractivity contribution is 0.0543. The predicted octanol–water partition coefficient (Wildman–Crippen LogP) is 2.40. The molecule has 0 unspecified atom stereocenters. The topological polar surface area (TPSA) is 62.7 Å². The smallest absolute Gasteiger partial charge is 0.357 e. The SMILES string of the molecule is C=CCOC(=O)c1cc(N(C)CCCO)c2ccccc2n1. The quantitative estimate of drug-likeness (QED) is 0.628. The van der Waals surface area contributed by atoms with Crippen LogP contribution in [0.1, 0.15) is 16.9 Å². The van der Waals surface area contributed by atoms with Gasteiger partial charge in [-0.15, -0.1) is 0 Å². The summed E-state index contributed by atoms with van der Waals surface area (Å²) in [5.74, 6) is -0.470. The lowest BCUT2D eigenvalue weighted by atomic mass is 10.1. The van der Waals surface area contributed by atoms with Crippen molar-refractivity contribution in [2.75, 3.05) is 31.7 Å². The minimum absolute atomic E-state index is 0.127. The zero-order valence-corrected chi connectivity index (χ0v) is 12.7. The predicted molar refractivity (Wildman–Crippen MR) is 87.2 cm³/mol. The van der Waals surface area contributed by atoms with Gasteiger partial charge in [-0.2, -0.15) is 0 Å². The molecule has 0 saturated heterocycles. The minimum atomic E-state index is -0.470. The van der Waals surface area contributed by atoms with Crippen molar-refractivity contribution in [1.82, 2.24) is 4.98 Å². The molecular formula is C17H20N2O3. The molecule has 5 heteroatoms. The van der Waals surface area contributed by atoms with Crippen molar-refractivity contribution in [3.05, 3.63) is 48.7 Å². The summed E-state index contributed by atoms with van der Waals surface area (Å²) >= 11 is 0. The summed E-state index contributed by atoms with van der Waals surface area (Å²) < 4.78 is 5.06. The van der Waals surface area contributed by atoms with E-state index in [0.717, 1.165) is 16.6 Å². The van der Waals surface area contributed by atoms with E-state index >= 15 is 0 Å². The molecule has 0 amide bonds. The van der Waals surface area contributed by atoms with Gasteiger partial charge in [0.15, 0.2) is 5.69 Å². The summed E-state index contributed by atoms with van der Waals surface area (Å²) in [5, 5.41) is 9.95. The van der Waals surface area contributed by atoms with Crippen LogP contribution in [0, 0.1) is 0 Å². The van der Waals surface area contributed by atoms with Crippen LogP contribution in [0.2, 0.25) is 0 Å². The maximum absolute atomic E-state index is 12.0. The van der Waals surface area contributed by atoms with Gasteiger partial charge in [0.05, 0.1) is 5.52 Å². The molecule has 22 heavy (non-hydrogen) atoms. The molecule has 2 aromatic rings. The van der Waals surface area contributed by atoms with E-state index in [-0.39, 0.29) is 18.9 Å². The van der Waals surface area contributed by atoms with Crippen molar-refractivity contribution in [2.24, 2.45) is 0 Å². The molecule has 0 atom stereocenters. The average Bonchev–Trinajstić information content (AvgIpc) is 2.56. The van der Waals surface area contributed by atoms with E-state index in [0.29, 0.717) is 13.0 Å². The van der Waals surface area contributed by atoms with E-state index in [1.807, 2.05) is 36.2 Å². The van der Waals surface area contributed by atoms with E-state index in [1.54, 1.807) is 6.07 Å². The number of fused-ring (bicyclic) bond motifs is 1. The van der Waals surface area contributed by atoms with Crippen LogP contribution in [-0.2, 0) is 4.74 Å². The summed E-state index contributed by atoms with van der Waals surface area (Å²) in [7, 11) is 1.93. The molecule has 0 aliphatic heterocycles. The zero-order chi connectivity index (χ0) is 15.9. The zero-order valence-electron chi connectivity index (χ0n) is 12.7. The van der Waals surface area contributed by atoms with E-state index < -0.39 is 5.97 Å². The van der Waals surface area contributed by atoms with Crippen LogP contribution < -0.4 is 4.90 Å². The summed E-state index contributed by atoms with van der Waals surface area (Å²) in [5.41, 5.74) is 1.90. The minimum Gasteiger partial charge on any atom is -0.457 e. The molecule has 0 aliphatic carbocycles. The van der Waals surface area contributed by atoms with Crippen LogP contribution in [0.4, 0.5) is 5.69 Å². The number of carbonyl (C=O) groups excluding carboxylic acids is 1. The Hall–Kier alpha value is -2.40. The van der Waals surface area contributed by atoms with Crippen LogP contribution >= 0.6 is 0 Å². The van der Waals surface area contributed by atoms with Gasteiger partial charge < -0.3 is 14.7 Å². The Kier molecular flexibility index (Phi) is 5.49. The van der Waals surface area contributed by atoms with Crippen molar-refractivity contribution in [3.8, 4) is 0 Å². The third kappa shape index (κ3) is 3.62. The Balaban J connectivity index is 2.43. The first kappa shape index (κ1) is 16.0. The standard InChI is InChI=1S/C17H20N2O3/c1-3-11-22-17(21)15-12-16(19(2)9-6-10-20)13-7-4-5-8-14(13)18-15/h3-5,7-8,12,20H,1,6,9-11H2,2H3. The van der Waals surface area contributed by atoms with Crippen molar-refractivity contribution < 1.29 is 14.6 Å². The van der Waals surface area contributed by atoms with Gasteiger partial charge in [-0.3, -0.25) is 0 Å². The molecule has 0 spiro atoms. The molecule has 0 aliphatic rings. The van der Waals surface area contributed by atoms with Gasteiger partial charge in [0.1, 0.15) is 6.61 Å². The Morgan fingerprint density at radius 1 is 1.45 bits per heavy atom. The molecule has 1 heterocycles. The number of pyridine rings is 1. The normalized spacial score (nSPS) is 10.5. The number of aliphatic hydroxyl groups is 1. The lowest BCUT2D eigenvalue weighted by Crippen LogP contribution is -2.20. The van der Waals surface area contributed by atoms with Gasteiger partial charge in [0.25, 0.3) is 0 Å². The van der Waals surface area contributed by atoms with Gasteiger partial charge in [-0.25, -0.2) is 9.78 Å². The third-order valence-electron chi connectivity index (χ3n) is 3.30. The lowest BCUT2D eigenvalue weighted by Gasteiger charge is -2.21. The van der Waals surface area contributed by atoms with Gasteiger partial charge >= 0.3 is 5.97 Å². The number of hydrogen-bond donors (Lipinski definition) is 1. The highest BCUT2D eigenvalue weighted by atomic mass is 16.5. The molecule has 1 aromatic heterocycles. The van der Waals surface area contributed by atoms with Gasteiger partial charge in [0, 0.05) is 31.3 Å². The first-order valence-corrected chi connectivity index (χ1v) is 7.17. The van der Waals surface area contributed by atoms with Crippen LogP contribution in [0.15, 0.2) is 43.0 Å². The Morgan fingerprint density at radius 3 is 2.95 bits per heavy atom. The fourth-order valence-electron chi connectivity index (χ4n) is 2.21. The van der Waals surface area contributed by atoms with E-state index in [9.17, 15) is 4.79 Å². The van der Waals surface area contributed by atoms with Crippen molar-refractivity contribution >= 4 is 22.6 Å². The van der Waals surface area contributed by atoms with Crippen molar-refractivity contribution in [3.63, 3.8) is 0 Å². The number of anilines is 1. The maximum atomic E-state index is 12.0. The molecule has 5 nitrogen and oxygen atoms in total. The molecule has 116 valence electrons. The monoisotopic (exact) mass is 300 g/mol. The highest BCUT2D eigenvalue weighted by Crippen LogP contribution is 2.26. The summed E-state index contributed by atoms with van der Waals surface area (Å²) in [6.45, 7) is 4.49. The first-order valence-electron chi connectivity index (χ1n) is 7.17. The second kappa shape index (κ2) is 7.56. The van der Waals surface area contributed by atoms with Crippen LogP contribution in [0.3, 0.4) is 0 Å². The number of ether oxygens (including phenoxy) is 1. The number of esters is 1. The highest BCUT2D eigenvalue weighted by Gasteiger charge is 2.15. The average molecular weight is 300 g/mol. The number of hydrogen-bond acceptors (Lipinski definition) is 5. The Labute approximate surface area is 129 Å². The number of aromatic nitrogens is 1. The van der Waals surface area contributed by atoms with Crippen LogP contribution in [0.5, 0.6) is 0 Å². The number of rotatable bonds is 7. The molecule has 1 N–H and O–H groups in total. The number of carbonyl (C=O) groups is 1. The summed E-state index contributed by atoms with van der Waals surface area (Å²) in [4.78, 5) is 18.4. The van der Waals surface area contributed by atoms with E-state index in [2.05, 4.69) is 11.6 Å². The first-order chi connectivity index (χ1) is 10.7. The number of para-hydroxylation sites is 1. The fraction of sp³-hybridized carbons (Fsp3) is 0.294. The second-order valence-electron chi connectivity index (χ2n) is 4.93. The summed E-state index contributed by atoms with van der Waals surface area (Å²) in [6.07, 6.45) is 2.18. The number of nitrogens with zero attached hydrogens (tertiary/aromatic N) is 2. The van der Waals surface area contributed by atoms with E-state index in [4.69, 9.17) is 9.84 Å². The molecule has 0 saturated carbocycles. The summed E-state index contributed by atoms with van der Waals surface area (Å²) in [6, 6.07) is 9.37. The van der Waals surface area contributed by atoms with Gasteiger partial charge in [-0.05, 0) is 18.6 Å². The number of aliphatic hydroxyl groups excluding tert-OH is 1. The largest absolute Gasteiger partial charge is 0.457 e. The molecule has 0 bridgehead atoms. The van der Waals surface area contributed by atoms with Crippen molar-refractivity contribution in [2.45, 2.75) is 6.42 Å². The van der Waals surface area contributed by atoms with Crippen LogP contribution in [0.25, 0.3) is 10.9 Å². The van der Waals surface area contributed by atoms with Crippen LogP contribution in [-0.4, -0.2) is 42.9 Å². The molecule has 1 aromatic carbocycles. The van der Waals surface area contributed by atoms with Gasteiger partial charge in [0.2, 0.25) is 0 Å². The Morgan fingerprint density at radius 2 is 2.23 bits per heavy atom. The van der Waals surface area contributed by atoms with E-state index in [1.165, 1.54) is 6.08 Å². The molecular weight excluding hydrogens is 280 g/mol. The molecule has 0 fully saturated rings. The van der Waals surface area contributed by atoms with Gasteiger partial charge in [-0.1, -0.05) is 30.9 Å². The molecule has 2 rings (SSSR count). The Bertz CT molecular complexity index is 670. The molecule has 0 radical (unpaired) electrons. The second-order valence-corrected chi connectivity index (χ2v) is 4.93.